The summed E-state index contributed by atoms with van der Waals surface area (Å²) in [6.07, 6.45) is 5.87. The number of hydrogen-bond donors (Lipinski definition) is 1. The molecule has 3 heteroatoms. The van der Waals surface area contributed by atoms with Gasteiger partial charge >= 0.3 is 0 Å². The van der Waals surface area contributed by atoms with Crippen molar-refractivity contribution in [1.82, 2.24) is 4.90 Å². The molecule has 2 N–H and O–H groups in total. The van der Waals surface area contributed by atoms with Crippen LogP contribution in [0.3, 0.4) is 0 Å². The minimum Gasteiger partial charge on any atom is -0.381 e. The van der Waals surface area contributed by atoms with Crippen molar-refractivity contribution in [3.8, 4) is 0 Å². The molecule has 0 bridgehead atoms. The lowest BCUT2D eigenvalue weighted by Gasteiger charge is -2.43. The largest absolute Gasteiger partial charge is 0.381 e. The molecule has 0 aliphatic carbocycles. The highest BCUT2D eigenvalue weighted by atomic mass is 16.5. The minimum absolute atomic E-state index is 0.211. The fraction of sp³-hybridized carbons (Fsp3) is 1.00. The molecular formula is C13H28N2O. The Morgan fingerprint density at radius 2 is 1.81 bits per heavy atom. The first-order valence-electron chi connectivity index (χ1n) is 6.82. The molecule has 0 aromatic heterocycles. The standard InChI is InChI=1S/C13H28N2O/c1-3-8-15(9-4-2)13(12-14)6-5-10-16-11-7-13/h3-12,14H2,1-2H3. The van der Waals surface area contributed by atoms with Crippen LogP contribution in [0.15, 0.2) is 0 Å². The van der Waals surface area contributed by atoms with E-state index >= 15 is 0 Å². The van der Waals surface area contributed by atoms with E-state index in [9.17, 15) is 0 Å². The number of hydrogen-bond acceptors (Lipinski definition) is 3. The molecule has 16 heavy (non-hydrogen) atoms. The average Bonchev–Trinajstić information content (AvgIpc) is 2.55. The van der Waals surface area contributed by atoms with E-state index in [4.69, 9.17) is 10.5 Å². The summed E-state index contributed by atoms with van der Waals surface area (Å²) < 4.78 is 5.58. The third-order valence-corrected chi connectivity index (χ3v) is 3.68. The number of nitrogens with two attached hydrogens (primary N) is 1. The van der Waals surface area contributed by atoms with Crippen LogP contribution >= 0.6 is 0 Å². The lowest BCUT2D eigenvalue weighted by molar-refractivity contribution is 0.0666. The monoisotopic (exact) mass is 228 g/mol. The topological polar surface area (TPSA) is 38.5 Å². The quantitative estimate of drug-likeness (QED) is 0.756. The Hall–Kier alpha value is -0.120. The van der Waals surface area contributed by atoms with E-state index in [-0.39, 0.29) is 5.54 Å². The third-order valence-electron chi connectivity index (χ3n) is 3.68. The predicted octanol–water partition coefficient (Wildman–Crippen LogP) is 2.01. The van der Waals surface area contributed by atoms with E-state index in [1.165, 1.54) is 32.4 Å². The van der Waals surface area contributed by atoms with Gasteiger partial charge in [-0.25, -0.2) is 0 Å². The van der Waals surface area contributed by atoms with Crippen LogP contribution < -0.4 is 5.73 Å². The second-order valence-electron chi connectivity index (χ2n) is 4.88. The molecule has 0 aromatic rings. The molecule has 96 valence electrons. The van der Waals surface area contributed by atoms with Crippen LogP contribution in [0.1, 0.15) is 46.0 Å². The first kappa shape index (κ1) is 13.9. The van der Waals surface area contributed by atoms with Crippen LogP contribution in [0.5, 0.6) is 0 Å². The van der Waals surface area contributed by atoms with Gasteiger partial charge in [0.25, 0.3) is 0 Å². The van der Waals surface area contributed by atoms with Crippen LogP contribution in [0.25, 0.3) is 0 Å². The Labute approximate surface area is 100 Å². The molecule has 1 rings (SSSR count). The van der Waals surface area contributed by atoms with Crippen molar-refractivity contribution < 1.29 is 4.74 Å². The molecule has 1 saturated heterocycles. The molecular weight excluding hydrogens is 200 g/mol. The van der Waals surface area contributed by atoms with Gasteiger partial charge in [0.15, 0.2) is 0 Å². The minimum atomic E-state index is 0.211. The van der Waals surface area contributed by atoms with Gasteiger partial charge < -0.3 is 10.5 Å². The highest BCUT2D eigenvalue weighted by Crippen LogP contribution is 2.27. The molecule has 0 amide bonds. The molecule has 3 nitrogen and oxygen atoms in total. The van der Waals surface area contributed by atoms with Crippen molar-refractivity contribution in [3.63, 3.8) is 0 Å². The maximum Gasteiger partial charge on any atom is 0.0484 e. The van der Waals surface area contributed by atoms with Crippen LogP contribution in [0.2, 0.25) is 0 Å². The average molecular weight is 228 g/mol. The normalized spacial score (nSPS) is 27.0. The van der Waals surface area contributed by atoms with Crippen molar-refractivity contribution in [2.75, 3.05) is 32.8 Å². The molecule has 0 aromatic carbocycles. The SMILES string of the molecule is CCCN(CCC)C1(CN)CCCOCC1. The Kier molecular flexibility index (Phi) is 6.32. The van der Waals surface area contributed by atoms with Gasteiger partial charge in [0, 0.05) is 25.3 Å². The molecule has 1 atom stereocenters. The second kappa shape index (κ2) is 7.25. The van der Waals surface area contributed by atoms with E-state index in [0.29, 0.717) is 0 Å². The summed E-state index contributed by atoms with van der Waals surface area (Å²) in [6, 6.07) is 0. The molecule has 1 aliphatic rings. The van der Waals surface area contributed by atoms with Gasteiger partial charge in [-0.1, -0.05) is 13.8 Å². The summed E-state index contributed by atoms with van der Waals surface area (Å²) in [5, 5.41) is 0. The first-order chi connectivity index (χ1) is 7.79. The molecule has 1 unspecified atom stereocenters. The van der Waals surface area contributed by atoms with Crippen molar-refractivity contribution >= 4 is 0 Å². The maximum atomic E-state index is 6.07. The van der Waals surface area contributed by atoms with Crippen molar-refractivity contribution in [1.29, 1.82) is 0 Å². The molecule has 1 heterocycles. The van der Waals surface area contributed by atoms with E-state index in [1.807, 2.05) is 0 Å². The zero-order valence-corrected chi connectivity index (χ0v) is 11.0. The zero-order valence-electron chi connectivity index (χ0n) is 11.0. The summed E-state index contributed by atoms with van der Waals surface area (Å²) in [7, 11) is 0. The van der Waals surface area contributed by atoms with Crippen LogP contribution in [-0.4, -0.2) is 43.3 Å². The summed E-state index contributed by atoms with van der Waals surface area (Å²) >= 11 is 0. The number of ether oxygens (including phenoxy) is 1. The Bertz CT molecular complexity index is 171. The third kappa shape index (κ3) is 3.44. The lowest BCUT2D eigenvalue weighted by Crippen LogP contribution is -2.54. The van der Waals surface area contributed by atoms with Crippen LogP contribution in [-0.2, 0) is 4.74 Å². The van der Waals surface area contributed by atoms with Crippen LogP contribution in [0, 0.1) is 0 Å². The smallest absolute Gasteiger partial charge is 0.0484 e. The van der Waals surface area contributed by atoms with Crippen molar-refractivity contribution in [2.24, 2.45) is 5.73 Å². The van der Waals surface area contributed by atoms with Gasteiger partial charge in [-0.2, -0.15) is 0 Å². The highest BCUT2D eigenvalue weighted by molar-refractivity contribution is 4.92. The van der Waals surface area contributed by atoms with E-state index in [0.717, 1.165) is 32.6 Å². The fourth-order valence-electron chi connectivity index (χ4n) is 2.77. The molecule has 0 radical (unpaired) electrons. The highest BCUT2D eigenvalue weighted by Gasteiger charge is 2.35. The van der Waals surface area contributed by atoms with E-state index in [1.54, 1.807) is 0 Å². The predicted molar refractivity (Wildman–Crippen MR) is 68.6 cm³/mol. The maximum absolute atomic E-state index is 6.07. The Balaban J connectivity index is 2.71. The Morgan fingerprint density at radius 1 is 1.12 bits per heavy atom. The molecule has 0 saturated carbocycles. The number of nitrogens with zero attached hydrogens (tertiary/aromatic N) is 1. The van der Waals surface area contributed by atoms with E-state index in [2.05, 4.69) is 18.7 Å². The molecule has 1 fully saturated rings. The Morgan fingerprint density at radius 3 is 2.38 bits per heavy atom. The fourth-order valence-corrected chi connectivity index (χ4v) is 2.77. The summed E-state index contributed by atoms with van der Waals surface area (Å²) in [5.41, 5.74) is 6.28. The second-order valence-corrected chi connectivity index (χ2v) is 4.88. The van der Waals surface area contributed by atoms with Crippen molar-refractivity contribution in [2.45, 2.75) is 51.5 Å². The van der Waals surface area contributed by atoms with Gasteiger partial charge in [0.05, 0.1) is 0 Å². The first-order valence-corrected chi connectivity index (χ1v) is 6.82. The summed E-state index contributed by atoms with van der Waals surface area (Å²) in [6.45, 7) is 9.40. The summed E-state index contributed by atoms with van der Waals surface area (Å²) in [5.74, 6) is 0. The summed E-state index contributed by atoms with van der Waals surface area (Å²) in [4.78, 5) is 2.61. The number of rotatable bonds is 6. The van der Waals surface area contributed by atoms with Gasteiger partial charge in [0.1, 0.15) is 0 Å². The van der Waals surface area contributed by atoms with Gasteiger partial charge in [-0.05, 0) is 45.2 Å². The molecule has 0 spiro atoms. The van der Waals surface area contributed by atoms with Gasteiger partial charge in [0.2, 0.25) is 0 Å². The van der Waals surface area contributed by atoms with Gasteiger partial charge in [-0.15, -0.1) is 0 Å². The molecule has 1 aliphatic heterocycles. The van der Waals surface area contributed by atoms with Gasteiger partial charge in [-0.3, -0.25) is 4.90 Å². The zero-order chi connectivity index (χ0) is 11.9. The van der Waals surface area contributed by atoms with Crippen LogP contribution in [0.4, 0.5) is 0 Å². The van der Waals surface area contributed by atoms with E-state index < -0.39 is 0 Å². The van der Waals surface area contributed by atoms with Crippen molar-refractivity contribution in [3.05, 3.63) is 0 Å². The lowest BCUT2D eigenvalue weighted by atomic mass is 9.88.